The average Bonchev–Trinajstić information content (AvgIpc) is 3.28. The summed E-state index contributed by atoms with van der Waals surface area (Å²) in [6, 6.07) is 8.84. The molecule has 0 aromatic heterocycles. The van der Waals surface area contributed by atoms with Crippen molar-refractivity contribution in [2.75, 3.05) is 6.61 Å². The molecule has 0 unspecified atom stereocenters. The zero-order chi connectivity index (χ0) is 24.0. The topological polar surface area (TPSA) is 96.9 Å². The van der Waals surface area contributed by atoms with Crippen molar-refractivity contribution < 1.29 is 28.6 Å². The van der Waals surface area contributed by atoms with Gasteiger partial charge in [-0.2, -0.15) is 0 Å². The molecule has 6 rings (SSSR count). The number of carbonyl (C=O) groups is 2. The molecule has 3 N–H and O–H groups in total. The minimum absolute atomic E-state index is 0.0167. The first kappa shape index (κ1) is 23.2. The van der Waals surface area contributed by atoms with E-state index in [2.05, 4.69) is 10.6 Å². The van der Waals surface area contributed by atoms with Crippen molar-refractivity contribution in [1.82, 2.24) is 10.6 Å². The van der Waals surface area contributed by atoms with Gasteiger partial charge in [-0.1, -0.05) is 23.2 Å². The number of ether oxygens (including phenoxy) is 2. The zero-order valence-corrected chi connectivity index (χ0v) is 19.5. The predicted molar refractivity (Wildman–Crippen MR) is 122 cm³/mol. The Hall–Kier alpha value is -2.55. The number of hydrogen-bond donors (Lipinski definition) is 3. The molecule has 1 aliphatic heterocycles. The lowest BCUT2D eigenvalue weighted by Gasteiger charge is -2.39. The summed E-state index contributed by atoms with van der Waals surface area (Å²) < 4.78 is 24.7. The highest BCUT2D eigenvalue weighted by Gasteiger charge is 2.57. The van der Waals surface area contributed by atoms with Gasteiger partial charge in [0.2, 0.25) is 0 Å². The molecule has 34 heavy (non-hydrogen) atoms. The maximum atomic E-state index is 13.5. The summed E-state index contributed by atoms with van der Waals surface area (Å²) in [6.07, 6.45) is 0.617. The van der Waals surface area contributed by atoms with Crippen LogP contribution < -0.4 is 20.1 Å². The summed E-state index contributed by atoms with van der Waals surface area (Å²) in [5, 5.41) is 16.9. The monoisotopic (exact) mass is 508 g/mol. The van der Waals surface area contributed by atoms with E-state index in [1.54, 1.807) is 18.2 Å². The molecule has 7 nitrogen and oxygen atoms in total. The van der Waals surface area contributed by atoms with E-state index in [9.17, 15) is 19.1 Å². The van der Waals surface area contributed by atoms with Gasteiger partial charge < -0.3 is 25.2 Å². The fraction of sp³-hybridized carbons (Fsp3) is 0.417. The standard InChI is InChI=1S/C24H23Cl2FN2O5/c25-13-1-4-20-15(5-13)19(30)7-21(34-20)23(32)28-18-10-24(8-12(18)9-24)29-22(31)11-33-14-2-3-16(26)17(27)6-14/h1-6,12,18-19,21,30H,7-11H2,(H,28,32)(H,29,31)/t12?,18-,19-,21+,24?/m1/s1. The number of benzene rings is 2. The molecule has 0 spiro atoms. The number of amides is 2. The molecular weight excluding hydrogens is 486 g/mol. The second kappa shape index (κ2) is 8.91. The molecule has 2 amide bonds. The fourth-order valence-corrected chi connectivity index (χ4v) is 5.50. The summed E-state index contributed by atoms with van der Waals surface area (Å²) in [4.78, 5) is 25.3. The number of fused-ring (bicyclic) bond motifs is 2. The van der Waals surface area contributed by atoms with Gasteiger partial charge >= 0.3 is 0 Å². The van der Waals surface area contributed by atoms with Crippen LogP contribution in [0, 0.1) is 11.7 Å². The van der Waals surface area contributed by atoms with Gasteiger partial charge in [-0.05, 0) is 55.5 Å². The maximum absolute atomic E-state index is 13.5. The first-order valence-electron chi connectivity index (χ1n) is 11.0. The van der Waals surface area contributed by atoms with E-state index in [1.807, 2.05) is 0 Å². The van der Waals surface area contributed by atoms with Gasteiger partial charge in [-0.3, -0.25) is 9.59 Å². The lowest BCUT2D eigenvalue weighted by molar-refractivity contribution is -0.131. The molecular formula is C24H23Cl2FN2O5. The van der Waals surface area contributed by atoms with Gasteiger partial charge in [-0.25, -0.2) is 4.39 Å². The third kappa shape index (κ3) is 4.54. The van der Waals surface area contributed by atoms with E-state index >= 15 is 0 Å². The van der Waals surface area contributed by atoms with Crippen LogP contribution in [0.15, 0.2) is 36.4 Å². The van der Waals surface area contributed by atoms with Gasteiger partial charge in [0, 0.05) is 34.7 Å². The van der Waals surface area contributed by atoms with Crippen LogP contribution >= 0.6 is 23.2 Å². The summed E-state index contributed by atoms with van der Waals surface area (Å²) in [5.41, 5.74) is 0.190. The van der Waals surface area contributed by atoms with E-state index in [0.29, 0.717) is 22.8 Å². The zero-order valence-electron chi connectivity index (χ0n) is 18.0. The molecule has 2 aromatic carbocycles. The Bertz CT molecular complexity index is 1140. The Labute approximate surface area is 205 Å². The van der Waals surface area contributed by atoms with Crippen LogP contribution in [0.5, 0.6) is 11.5 Å². The van der Waals surface area contributed by atoms with Gasteiger partial charge in [-0.15, -0.1) is 0 Å². The molecule has 3 atom stereocenters. The van der Waals surface area contributed by atoms with Gasteiger partial charge in [0.1, 0.15) is 17.3 Å². The van der Waals surface area contributed by atoms with E-state index in [0.717, 1.165) is 18.9 Å². The van der Waals surface area contributed by atoms with E-state index in [4.69, 9.17) is 32.7 Å². The third-order valence-corrected chi connectivity index (χ3v) is 7.35. The highest BCUT2D eigenvalue weighted by Crippen LogP contribution is 2.52. The largest absolute Gasteiger partial charge is 0.484 e. The molecule has 3 saturated carbocycles. The molecule has 0 saturated heterocycles. The van der Waals surface area contributed by atoms with Crippen LogP contribution in [0.2, 0.25) is 10.0 Å². The van der Waals surface area contributed by atoms with Crippen LogP contribution in [-0.2, 0) is 9.59 Å². The molecule has 3 aliphatic carbocycles. The first-order chi connectivity index (χ1) is 16.2. The highest BCUT2D eigenvalue weighted by molar-refractivity contribution is 6.31. The lowest BCUT2D eigenvalue weighted by Crippen LogP contribution is -2.53. The van der Waals surface area contributed by atoms with E-state index in [1.165, 1.54) is 12.1 Å². The average molecular weight is 509 g/mol. The quantitative estimate of drug-likeness (QED) is 0.554. The Morgan fingerprint density at radius 2 is 1.97 bits per heavy atom. The minimum Gasteiger partial charge on any atom is -0.484 e. The van der Waals surface area contributed by atoms with Crippen LogP contribution in [0.25, 0.3) is 0 Å². The van der Waals surface area contributed by atoms with Gasteiger partial charge in [0.15, 0.2) is 12.7 Å². The Kier molecular flexibility index (Phi) is 6.08. The lowest BCUT2D eigenvalue weighted by atomic mass is 9.76. The minimum atomic E-state index is -0.838. The van der Waals surface area contributed by atoms with Crippen LogP contribution in [-0.4, -0.2) is 41.2 Å². The Balaban J connectivity index is 1.12. The van der Waals surface area contributed by atoms with Crippen molar-refractivity contribution in [3.8, 4) is 11.5 Å². The molecule has 2 bridgehead atoms. The third-order valence-electron chi connectivity index (χ3n) is 6.81. The van der Waals surface area contributed by atoms with E-state index < -0.39 is 18.0 Å². The molecule has 1 heterocycles. The predicted octanol–water partition coefficient (Wildman–Crippen LogP) is 3.55. The summed E-state index contributed by atoms with van der Waals surface area (Å²) in [6.45, 7) is -0.248. The summed E-state index contributed by atoms with van der Waals surface area (Å²) >= 11 is 11.6. The van der Waals surface area contributed by atoms with Crippen LogP contribution in [0.3, 0.4) is 0 Å². The molecule has 0 radical (unpaired) electrons. The molecule has 4 aliphatic rings. The van der Waals surface area contributed by atoms with Crippen molar-refractivity contribution >= 4 is 35.0 Å². The van der Waals surface area contributed by atoms with Crippen molar-refractivity contribution in [2.45, 2.75) is 49.5 Å². The Morgan fingerprint density at radius 1 is 1.18 bits per heavy atom. The maximum Gasteiger partial charge on any atom is 0.261 e. The van der Waals surface area contributed by atoms with Gasteiger partial charge in [0.25, 0.3) is 11.8 Å². The number of aliphatic hydroxyl groups excluding tert-OH is 1. The number of hydrogen-bond acceptors (Lipinski definition) is 5. The smallest absolute Gasteiger partial charge is 0.261 e. The molecule has 3 fully saturated rings. The number of carbonyl (C=O) groups excluding carboxylic acids is 2. The number of rotatable bonds is 6. The SMILES string of the molecule is O=C(COc1ccc(Cl)c(F)c1)NC12CC(C1)[C@H](NC(=O)[C@@H]1C[C@@H](O)c3cc(Cl)ccc3O1)C2. The first-order valence-corrected chi connectivity index (χ1v) is 11.8. The van der Waals surface area contributed by atoms with Crippen molar-refractivity contribution in [1.29, 1.82) is 0 Å². The van der Waals surface area contributed by atoms with Crippen molar-refractivity contribution in [3.05, 3.63) is 57.8 Å². The van der Waals surface area contributed by atoms with Crippen LogP contribution in [0.1, 0.15) is 37.4 Å². The second-order valence-corrected chi connectivity index (χ2v) is 10.1. The fourth-order valence-electron chi connectivity index (χ4n) is 5.21. The van der Waals surface area contributed by atoms with Gasteiger partial charge in [0.05, 0.1) is 11.1 Å². The highest BCUT2D eigenvalue weighted by atomic mass is 35.5. The number of nitrogens with one attached hydrogen (secondary N) is 2. The molecule has 180 valence electrons. The van der Waals surface area contributed by atoms with Crippen molar-refractivity contribution in [2.24, 2.45) is 5.92 Å². The molecule has 2 aromatic rings. The summed E-state index contributed by atoms with van der Waals surface area (Å²) in [7, 11) is 0. The normalized spacial score (nSPS) is 28.8. The summed E-state index contributed by atoms with van der Waals surface area (Å²) in [5.74, 6) is -0.285. The Morgan fingerprint density at radius 3 is 2.74 bits per heavy atom. The van der Waals surface area contributed by atoms with E-state index in [-0.39, 0.29) is 53.1 Å². The van der Waals surface area contributed by atoms with Crippen LogP contribution in [0.4, 0.5) is 4.39 Å². The molecule has 10 heteroatoms. The number of aliphatic hydroxyl groups is 1. The van der Waals surface area contributed by atoms with Crippen molar-refractivity contribution in [3.63, 3.8) is 0 Å². The number of halogens is 3. The second-order valence-electron chi connectivity index (χ2n) is 9.22.